The van der Waals surface area contributed by atoms with E-state index in [9.17, 15) is 0 Å². The Kier molecular flexibility index (Phi) is 1.87. The summed E-state index contributed by atoms with van der Waals surface area (Å²) in [5, 5.41) is 1.000. The second kappa shape index (κ2) is 2.88. The number of nitrogens with zero attached hydrogens (tertiary/aromatic N) is 2. The van der Waals surface area contributed by atoms with Gasteiger partial charge in [0.25, 0.3) is 0 Å². The number of fused-ring (bicyclic) bond motifs is 1. The van der Waals surface area contributed by atoms with Gasteiger partial charge in [-0.1, -0.05) is 23.2 Å². The zero-order chi connectivity index (χ0) is 8.55. The molecule has 0 aliphatic carbocycles. The van der Waals surface area contributed by atoms with Crippen molar-refractivity contribution in [1.29, 1.82) is 0 Å². The maximum atomic E-state index is 5.87. The number of aromatic nitrogens is 2. The van der Waals surface area contributed by atoms with E-state index >= 15 is 0 Å². The minimum absolute atomic E-state index is 0.428. The monoisotopic (exact) mass is 198 g/mol. The molecule has 0 unspecified atom stereocenters. The normalized spacial score (nSPS) is 10.5. The Labute approximate surface area is 79.2 Å². The largest absolute Gasteiger partial charge is 0.255 e. The van der Waals surface area contributed by atoms with E-state index in [1.54, 1.807) is 24.4 Å². The van der Waals surface area contributed by atoms with E-state index in [2.05, 4.69) is 9.97 Å². The van der Waals surface area contributed by atoms with Gasteiger partial charge in [-0.2, -0.15) is 0 Å². The first-order chi connectivity index (χ1) is 5.77. The van der Waals surface area contributed by atoms with Crippen molar-refractivity contribution in [2.24, 2.45) is 0 Å². The van der Waals surface area contributed by atoms with Crippen molar-refractivity contribution < 1.29 is 0 Å². The molecule has 0 saturated heterocycles. The zero-order valence-electron chi connectivity index (χ0n) is 5.96. The van der Waals surface area contributed by atoms with Crippen molar-refractivity contribution >= 4 is 34.2 Å². The highest BCUT2D eigenvalue weighted by molar-refractivity contribution is 6.35. The van der Waals surface area contributed by atoms with E-state index in [0.29, 0.717) is 15.7 Å². The van der Waals surface area contributed by atoms with Gasteiger partial charge in [-0.25, -0.2) is 4.98 Å². The van der Waals surface area contributed by atoms with E-state index in [4.69, 9.17) is 23.2 Å². The Balaban J connectivity index is 2.88. The number of pyridine rings is 2. The fourth-order valence-corrected chi connectivity index (χ4v) is 1.31. The third-order valence-electron chi connectivity index (χ3n) is 1.50. The molecule has 2 heterocycles. The van der Waals surface area contributed by atoms with Gasteiger partial charge in [0.1, 0.15) is 10.7 Å². The third kappa shape index (κ3) is 1.24. The average Bonchev–Trinajstić information content (AvgIpc) is 2.07. The highest BCUT2D eigenvalue weighted by Gasteiger charge is 2.00. The Hall–Kier alpha value is -0.860. The van der Waals surface area contributed by atoms with E-state index in [0.717, 1.165) is 5.52 Å². The number of hydrogen-bond acceptors (Lipinski definition) is 2. The van der Waals surface area contributed by atoms with E-state index in [-0.39, 0.29) is 0 Å². The summed E-state index contributed by atoms with van der Waals surface area (Å²) in [6.07, 6.45) is 1.64. The Bertz CT molecular complexity index is 428. The summed E-state index contributed by atoms with van der Waals surface area (Å²) in [5.41, 5.74) is 1.40. The first-order valence-electron chi connectivity index (χ1n) is 3.34. The SMILES string of the molecule is Clc1ccc2nccc(Cl)c2n1. The molecular weight excluding hydrogens is 195 g/mol. The molecule has 0 aliphatic heterocycles. The molecule has 0 amide bonds. The molecule has 0 spiro atoms. The topological polar surface area (TPSA) is 25.8 Å². The summed E-state index contributed by atoms with van der Waals surface area (Å²) in [6, 6.07) is 5.16. The second-order valence-corrected chi connectivity index (χ2v) is 3.09. The molecule has 2 rings (SSSR count). The van der Waals surface area contributed by atoms with Crippen LogP contribution in [0.4, 0.5) is 0 Å². The zero-order valence-corrected chi connectivity index (χ0v) is 7.47. The predicted octanol–water partition coefficient (Wildman–Crippen LogP) is 2.94. The summed E-state index contributed by atoms with van der Waals surface area (Å²) in [4.78, 5) is 8.12. The Morgan fingerprint density at radius 2 is 1.92 bits per heavy atom. The molecule has 12 heavy (non-hydrogen) atoms. The lowest BCUT2D eigenvalue weighted by molar-refractivity contribution is 1.34. The number of rotatable bonds is 0. The summed E-state index contributed by atoms with van der Waals surface area (Å²) < 4.78 is 0. The molecule has 0 bridgehead atoms. The standard InChI is InChI=1S/C8H4Cl2N2/c9-5-3-4-11-6-1-2-7(10)12-8(5)6/h1-4H. The third-order valence-corrected chi connectivity index (χ3v) is 2.02. The van der Waals surface area contributed by atoms with Crippen molar-refractivity contribution in [3.63, 3.8) is 0 Å². The lowest BCUT2D eigenvalue weighted by Gasteiger charge is -1.97. The molecule has 0 fully saturated rings. The van der Waals surface area contributed by atoms with Gasteiger partial charge >= 0.3 is 0 Å². The first-order valence-corrected chi connectivity index (χ1v) is 4.10. The summed E-state index contributed by atoms with van der Waals surface area (Å²) in [6.45, 7) is 0. The second-order valence-electron chi connectivity index (χ2n) is 2.29. The number of hydrogen-bond donors (Lipinski definition) is 0. The fraction of sp³-hybridized carbons (Fsp3) is 0. The molecule has 0 aliphatic rings. The highest BCUT2D eigenvalue weighted by Crippen LogP contribution is 2.20. The van der Waals surface area contributed by atoms with Gasteiger partial charge in [0.05, 0.1) is 10.5 Å². The molecule has 0 atom stereocenters. The minimum atomic E-state index is 0.428. The molecule has 0 aromatic carbocycles. The summed E-state index contributed by atoms with van der Waals surface area (Å²) >= 11 is 11.6. The van der Waals surface area contributed by atoms with Crippen LogP contribution in [0.25, 0.3) is 11.0 Å². The summed E-state index contributed by atoms with van der Waals surface area (Å²) in [7, 11) is 0. The van der Waals surface area contributed by atoms with Crippen molar-refractivity contribution in [1.82, 2.24) is 9.97 Å². The van der Waals surface area contributed by atoms with Crippen molar-refractivity contribution in [2.75, 3.05) is 0 Å². The average molecular weight is 199 g/mol. The quantitative estimate of drug-likeness (QED) is 0.609. The van der Waals surface area contributed by atoms with Crippen LogP contribution in [0.3, 0.4) is 0 Å². The minimum Gasteiger partial charge on any atom is -0.255 e. The molecule has 0 radical (unpaired) electrons. The van der Waals surface area contributed by atoms with Crippen LogP contribution in [-0.4, -0.2) is 9.97 Å². The predicted molar refractivity (Wildman–Crippen MR) is 49.6 cm³/mol. The van der Waals surface area contributed by atoms with Gasteiger partial charge in [-0.3, -0.25) is 4.98 Å². The van der Waals surface area contributed by atoms with Crippen molar-refractivity contribution in [3.8, 4) is 0 Å². The van der Waals surface area contributed by atoms with E-state index in [1.807, 2.05) is 0 Å². The maximum absolute atomic E-state index is 5.87. The molecule has 2 aromatic heterocycles. The molecular formula is C8H4Cl2N2. The number of halogens is 2. The molecule has 0 N–H and O–H groups in total. The lowest BCUT2D eigenvalue weighted by Crippen LogP contribution is -1.83. The van der Waals surface area contributed by atoms with Crippen LogP contribution >= 0.6 is 23.2 Å². The van der Waals surface area contributed by atoms with Crippen LogP contribution in [0.15, 0.2) is 24.4 Å². The van der Waals surface area contributed by atoms with Crippen LogP contribution in [0.1, 0.15) is 0 Å². The highest BCUT2D eigenvalue weighted by atomic mass is 35.5. The molecule has 2 aromatic rings. The van der Waals surface area contributed by atoms with Gasteiger partial charge < -0.3 is 0 Å². The van der Waals surface area contributed by atoms with E-state index in [1.165, 1.54) is 0 Å². The van der Waals surface area contributed by atoms with Gasteiger partial charge in [0.15, 0.2) is 0 Å². The Morgan fingerprint density at radius 1 is 1.08 bits per heavy atom. The van der Waals surface area contributed by atoms with Crippen LogP contribution in [-0.2, 0) is 0 Å². The van der Waals surface area contributed by atoms with Crippen LogP contribution in [0, 0.1) is 0 Å². The van der Waals surface area contributed by atoms with Gasteiger partial charge in [0.2, 0.25) is 0 Å². The molecule has 2 nitrogen and oxygen atoms in total. The van der Waals surface area contributed by atoms with Crippen molar-refractivity contribution in [2.45, 2.75) is 0 Å². The maximum Gasteiger partial charge on any atom is 0.129 e. The van der Waals surface area contributed by atoms with Crippen LogP contribution < -0.4 is 0 Å². The molecule has 0 saturated carbocycles. The van der Waals surface area contributed by atoms with Gasteiger partial charge in [-0.15, -0.1) is 0 Å². The van der Waals surface area contributed by atoms with Crippen molar-refractivity contribution in [3.05, 3.63) is 34.6 Å². The van der Waals surface area contributed by atoms with Crippen LogP contribution in [0.2, 0.25) is 10.2 Å². The van der Waals surface area contributed by atoms with Gasteiger partial charge in [-0.05, 0) is 18.2 Å². The molecule has 60 valence electrons. The van der Waals surface area contributed by atoms with Crippen LogP contribution in [0.5, 0.6) is 0 Å². The van der Waals surface area contributed by atoms with E-state index < -0.39 is 0 Å². The Morgan fingerprint density at radius 3 is 2.75 bits per heavy atom. The smallest absolute Gasteiger partial charge is 0.129 e. The fourth-order valence-electron chi connectivity index (χ4n) is 0.970. The first kappa shape index (κ1) is 7.77. The molecule has 4 heteroatoms. The van der Waals surface area contributed by atoms with Gasteiger partial charge in [0, 0.05) is 6.20 Å². The summed E-state index contributed by atoms with van der Waals surface area (Å²) in [5.74, 6) is 0. The lowest BCUT2D eigenvalue weighted by atomic mass is 10.3.